The first-order chi connectivity index (χ1) is 19.4. The minimum Gasteiger partial charge on any atom is -0.444 e. The third-order valence-corrected chi connectivity index (χ3v) is 8.39. The topological polar surface area (TPSA) is 87.7 Å². The minimum atomic E-state index is -0.805. The van der Waals surface area contributed by atoms with Crippen LogP contribution in [0.4, 0.5) is 4.79 Å². The number of hydrogen-bond donors (Lipinski definition) is 2. The minimum absolute atomic E-state index is 0.121. The summed E-state index contributed by atoms with van der Waals surface area (Å²) in [6, 6.07) is 4.52. The van der Waals surface area contributed by atoms with Crippen molar-refractivity contribution < 1.29 is 19.1 Å². The van der Waals surface area contributed by atoms with Crippen molar-refractivity contribution in [3.8, 4) is 0 Å². The number of rotatable bonds is 14. The highest BCUT2D eigenvalue weighted by Gasteiger charge is 2.39. The molecule has 2 rings (SSSR count). The van der Waals surface area contributed by atoms with Gasteiger partial charge in [-0.05, 0) is 76.5 Å². The normalized spacial score (nSPS) is 16.4. The first-order valence-corrected chi connectivity index (χ1v) is 16.1. The van der Waals surface area contributed by atoms with Crippen molar-refractivity contribution >= 4 is 17.9 Å². The molecule has 0 heterocycles. The molecule has 0 spiro atoms. The van der Waals surface area contributed by atoms with Gasteiger partial charge in [-0.25, -0.2) is 4.79 Å². The van der Waals surface area contributed by atoms with Gasteiger partial charge in [0.1, 0.15) is 17.7 Å². The summed E-state index contributed by atoms with van der Waals surface area (Å²) < 4.78 is 5.55. The van der Waals surface area contributed by atoms with Gasteiger partial charge in [0, 0.05) is 12.6 Å². The van der Waals surface area contributed by atoms with Gasteiger partial charge in [-0.3, -0.25) is 9.59 Å². The molecule has 3 unspecified atom stereocenters. The SMILES string of the molecule is CCCCCCCN(C(=O)C(NC(=O)OC(C)(C)C)C(C)CC)C(C(=O)NC1CCCCC1)c1cccc(C)c1C. The first-order valence-electron chi connectivity index (χ1n) is 16.1. The monoisotopic (exact) mass is 571 g/mol. The van der Waals surface area contributed by atoms with Crippen LogP contribution in [0, 0.1) is 19.8 Å². The highest BCUT2D eigenvalue weighted by molar-refractivity contribution is 5.92. The Balaban J connectivity index is 2.53. The lowest BCUT2D eigenvalue weighted by Crippen LogP contribution is -2.56. The molecule has 3 atom stereocenters. The van der Waals surface area contributed by atoms with Gasteiger partial charge in [0.05, 0.1) is 0 Å². The largest absolute Gasteiger partial charge is 0.444 e. The van der Waals surface area contributed by atoms with Crippen molar-refractivity contribution in [1.29, 1.82) is 0 Å². The van der Waals surface area contributed by atoms with Crippen molar-refractivity contribution in [2.75, 3.05) is 6.54 Å². The lowest BCUT2D eigenvalue weighted by atomic mass is 9.91. The molecule has 0 bridgehead atoms. The maximum atomic E-state index is 14.5. The van der Waals surface area contributed by atoms with Crippen molar-refractivity contribution in [3.05, 3.63) is 34.9 Å². The van der Waals surface area contributed by atoms with E-state index in [2.05, 4.69) is 17.6 Å². The molecule has 0 aliphatic heterocycles. The second-order valence-electron chi connectivity index (χ2n) is 13.0. The standard InChI is InChI=1S/C34H57N3O4/c1-9-11-12-13-17-23-37(32(39)29(24(3)10-2)36-33(40)41-34(6,7)8)30(28-22-18-19-25(4)26(28)5)31(38)35-27-20-15-14-16-21-27/h18-19,22,24,27,29-30H,9-17,20-21,23H2,1-8H3,(H,35,38)(H,36,40). The molecule has 0 saturated heterocycles. The molecule has 1 fully saturated rings. The van der Waals surface area contributed by atoms with Crippen LogP contribution < -0.4 is 10.6 Å². The Kier molecular flexibility index (Phi) is 14.2. The molecule has 232 valence electrons. The molecule has 7 nitrogen and oxygen atoms in total. The van der Waals surface area contributed by atoms with Crippen LogP contribution in [-0.2, 0) is 14.3 Å². The van der Waals surface area contributed by atoms with Gasteiger partial charge in [0.15, 0.2) is 0 Å². The van der Waals surface area contributed by atoms with Crippen LogP contribution in [0.5, 0.6) is 0 Å². The Labute approximate surface area is 249 Å². The van der Waals surface area contributed by atoms with Crippen molar-refractivity contribution in [1.82, 2.24) is 15.5 Å². The van der Waals surface area contributed by atoms with Crippen LogP contribution >= 0.6 is 0 Å². The van der Waals surface area contributed by atoms with Crippen LogP contribution in [0.25, 0.3) is 0 Å². The first kappa shape index (κ1) is 34.6. The predicted octanol–water partition coefficient (Wildman–Crippen LogP) is 7.53. The number of carbonyl (C=O) groups excluding carboxylic acids is 3. The molecule has 1 saturated carbocycles. The van der Waals surface area contributed by atoms with Crippen LogP contribution in [0.3, 0.4) is 0 Å². The summed E-state index contributed by atoms with van der Waals surface area (Å²) in [5.74, 6) is -0.503. The Hall–Kier alpha value is -2.57. The number of ether oxygens (including phenoxy) is 1. The Morgan fingerprint density at radius 1 is 1.00 bits per heavy atom. The van der Waals surface area contributed by atoms with Gasteiger partial charge in [-0.1, -0.05) is 90.3 Å². The summed E-state index contributed by atoms with van der Waals surface area (Å²) in [7, 11) is 0. The van der Waals surface area contributed by atoms with Gasteiger partial charge >= 0.3 is 6.09 Å². The number of carbonyl (C=O) groups is 3. The zero-order valence-electron chi connectivity index (χ0n) is 27.1. The molecule has 0 aromatic heterocycles. The van der Waals surface area contributed by atoms with Crippen LogP contribution in [0.1, 0.15) is 135 Å². The van der Waals surface area contributed by atoms with E-state index in [0.717, 1.165) is 74.5 Å². The Morgan fingerprint density at radius 3 is 2.27 bits per heavy atom. The molecule has 1 aromatic rings. The number of nitrogens with zero attached hydrogens (tertiary/aromatic N) is 1. The molecule has 1 aliphatic rings. The number of alkyl carbamates (subject to hydrolysis) is 1. The molecule has 1 aliphatic carbocycles. The second kappa shape index (κ2) is 16.8. The molecule has 0 radical (unpaired) electrons. The Morgan fingerprint density at radius 2 is 1.66 bits per heavy atom. The smallest absolute Gasteiger partial charge is 0.408 e. The van der Waals surface area contributed by atoms with E-state index in [-0.39, 0.29) is 23.8 Å². The van der Waals surface area contributed by atoms with Gasteiger partial charge < -0.3 is 20.3 Å². The number of aryl methyl sites for hydroxylation is 1. The zero-order valence-corrected chi connectivity index (χ0v) is 27.1. The summed E-state index contributed by atoms with van der Waals surface area (Å²) in [6.45, 7) is 16.1. The summed E-state index contributed by atoms with van der Waals surface area (Å²) in [5.41, 5.74) is 2.26. The maximum absolute atomic E-state index is 14.5. The van der Waals surface area contributed by atoms with E-state index in [1.54, 1.807) is 25.7 Å². The fraction of sp³-hybridized carbons (Fsp3) is 0.735. The van der Waals surface area contributed by atoms with Gasteiger partial charge in [-0.15, -0.1) is 0 Å². The maximum Gasteiger partial charge on any atom is 0.408 e. The van der Waals surface area contributed by atoms with E-state index in [9.17, 15) is 14.4 Å². The summed E-state index contributed by atoms with van der Waals surface area (Å²) in [4.78, 5) is 43.4. The van der Waals surface area contributed by atoms with E-state index in [0.29, 0.717) is 13.0 Å². The highest BCUT2D eigenvalue weighted by atomic mass is 16.6. The van der Waals surface area contributed by atoms with Gasteiger partial charge in [0.2, 0.25) is 11.8 Å². The lowest BCUT2D eigenvalue weighted by Gasteiger charge is -2.37. The molecule has 1 aromatic carbocycles. The van der Waals surface area contributed by atoms with Crippen molar-refractivity contribution in [2.45, 2.75) is 150 Å². The second-order valence-corrected chi connectivity index (χ2v) is 13.0. The van der Waals surface area contributed by atoms with E-state index in [1.165, 1.54) is 6.42 Å². The lowest BCUT2D eigenvalue weighted by molar-refractivity contribution is -0.144. The van der Waals surface area contributed by atoms with Crippen LogP contribution in [0.2, 0.25) is 0 Å². The average molecular weight is 572 g/mol. The van der Waals surface area contributed by atoms with Crippen LogP contribution in [0.15, 0.2) is 18.2 Å². The average Bonchev–Trinajstić information content (AvgIpc) is 2.91. The number of hydrogen-bond acceptors (Lipinski definition) is 4. The van der Waals surface area contributed by atoms with Crippen molar-refractivity contribution in [3.63, 3.8) is 0 Å². The van der Waals surface area contributed by atoms with E-state index >= 15 is 0 Å². The van der Waals surface area contributed by atoms with E-state index in [1.807, 2.05) is 45.9 Å². The highest BCUT2D eigenvalue weighted by Crippen LogP contribution is 2.30. The van der Waals surface area contributed by atoms with Gasteiger partial charge in [0.25, 0.3) is 0 Å². The third kappa shape index (κ3) is 11.0. The number of nitrogens with one attached hydrogen (secondary N) is 2. The number of unbranched alkanes of at least 4 members (excludes halogenated alkanes) is 4. The Bertz CT molecular complexity index is 981. The summed E-state index contributed by atoms with van der Waals surface area (Å²) in [5, 5.41) is 6.20. The fourth-order valence-electron chi connectivity index (χ4n) is 5.60. The summed E-state index contributed by atoms with van der Waals surface area (Å²) in [6.07, 6.45) is 10.6. The number of benzene rings is 1. The quantitative estimate of drug-likeness (QED) is 0.226. The third-order valence-electron chi connectivity index (χ3n) is 8.39. The molecular formula is C34H57N3O4. The van der Waals surface area contributed by atoms with E-state index in [4.69, 9.17) is 4.74 Å². The van der Waals surface area contributed by atoms with E-state index < -0.39 is 23.8 Å². The van der Waals surface area contributed by atoms with Crippen molar-refractivity contribution in [2.24, 2.45) is 5.92 Å². The number of amides is 3. The molecule has 7 heteroatoms. The molecule has 2 N–H and O–H groups in total. The fourth-order valence-corrected chi connectivity index (χ4v) is 5.60. The van der Waals surface area contributed by atoms with Gasteiger partial charge in [-0.2, -0.15) is 0 Å². The van der Waals surface area contributed by atoms with Crippen LogP contribution in [-0.4, -0.2) is 47.0 Å². The predicted molar refractivity (Wildman–Crippen MR) is 167 cm³/mol. The summed E-state index contributed by atoms with van der Waals surface area (Å²) >= 11 is 0. The molecular weight excluding hydrogens is 514 g/mol. The molecule has 41 heavy (non-hydrogen) atoms. The zero-order chi connectivity index (χ0) is 30.6. The molecule has 3 amide bonds.